The van der Waals surface area contributed by atoms with E-state index in [1.807, 2.05) is 36.0 Å². The molecule has 1 heterocycles. The van der Waals surface area contributed by atoms with E-state index >= 15 is 0 Å². The molecule has 0 aliphatic heterocycles. The van der Waals surface area contributed by atoms with Crippen molar-refractivity contribution < 1.29 is 4.74 Å². The monoisotopic (exact) mass is 245 g/mol. The number of hydrogen-bond acceptors (Lipinski definition) is 3. The summed E-state index contributed by atoms with van der Waals surface area (Å²) in [5, 5.41) is 7.59. The van der Waals surface area contributed by atoms with Crippen molar-refractivity contribution in [1.29, 1.82) is 0 Å². The van der Waals surface area contributed by atoms with Crippen LogP contribution in [-0.4, -0.2) is 29.0 Å². The Labute approximate surface area is 108 Å². The van der Waals surface area contributed by atoms with E-state index < -0.39 is 0 Å². The van der Waals surface area contributed by atoms with Crippen LogP contribution in [0, 0.1) is 0 Å². The predicted octanol–water partition coefficient (Wildman–Crippen LogP) is 2.71. The maximum Gasteiger partial charge on any atom is 0.0664 e. The number of nitrogens with zero attached hydrogens (tertiary/aromatic N) is 2. The lowest BCUT2D eigenvalue weighted by Crippen LogP contribution is -2.21. The fraction of sp³-hybridized carbons (Fsp3) is 0.357. The van der Waals surface area contributed by atoms with Crippen molar-refractivity contribution in [3.8, 4) is 5.69 Å². The van der Waals surface area contributed by atoms with Gasteiger partial charge in [0.25, 0.3) is 0 Å². The van der Waals surface area contributed by atoms with E-state index in [1.165, 1.54) is 0 Å². The Morgan fingerprint density at radius 3 is 2.72 bits per heavy atom. The lowest BCUT2D eigenvalue weighted by molar-refractivity contribution is 0.141. The molecular weight excluding hydrogens is 226 g/mol. The van der Waals surface area contributed by atoms with Crippen molar-refractivity contribution in [1.82, 2.24) is 9.78 Å². The van der Waals surface area contributed by atoms with E-state index in [4.69, 9.17) is 4.74 Å². The molecule has 18 heavy (non-hydrogen) atoms. The second-order valence-corrected chi connectivity index (χ2v) is 4.20. The zero-order valence-electron chi connectivity index (χ0n) is 10.8. The molecule has 0 aliphatic carbocycles. The van der Waals surface area contributed by atoms with Crippen molar-refractivity contribution in [2.24, 2.45) is 0 Å². The molecule has 96 valence electrons. The fourth-order valence-corrected chi connectivity index (χ4v) is 1.75. The molecule has 1 atom stereocenters. The minimum atomic E-state index is 0.306. The zero-order chi connectivity index (χ0) is 12.8. The second kappa shape index (κ2) is 6.21. The molecule has 0 saturated carbocycles. The quantitative estimate of drug-likeness (QED) is 0.850. The van der Waals surface area contributed by atoms with E-state index in [2.05, 4.69) is 29.5 Å². The smallest absolute Gasteiger partial charge is 0.0664 e. The summed E-state index contributed by atoms with van der Waals surface area (Å²) in [6.45, 7) is 5.59. The summed E-state index contributed by atoms with van der Waals surface area (Å²) >= 11 is 0. The Morgan fingerprint density at radius 2 is 2.11 bits per heavy atom. The predicted molar refractivity (Wildman–Crippen MR) is 73.1 cm³/mol. The fourth-order valence-electron chi connectivity index (χ4n) is 1.75. The van der Waals surface area contributed by atoms with Crippen LogP contribution in [-0.2, 0) is 4.74 Å². The van der Waals surface area contributed by atoms with Crippen molar-refractivity contribution >= 4 is 5.69 Å². The third kappa shape index (κ3) is 3.34. The van der Waals surface area contributed by atoms with Gasteiger partial charge in [0, 0.05) is 30.7 Å². The minimum absolute atomic E-state index is 0.306. The number of aromatic nitrogens is 2. The highest BCUT2D eigenvalue weighted by Gasteiger charge is 2.02. The Hall–Kier alpha value is -1.81. The highest BCUT2D eigenvalue weighted by atomic mass is 16.5. The number of benzene rings is 1. The van der Waals surface area contributed by atoms with Gasteiger partial charge >= 0.3 is 0 Å². The zero-order valence-corrected chi connectivity index (χ0v) is 10.8. The van der Waals surface area contributed by atoms with Gasteiger partial charge in [-0.3, -0.25) is 0 Å². The summed E-state index contributed by atoms with van der Waals surface area (Å²) in [5.74, 6) is 0. The van der Waals surface area contributed by atoms with Gasteiger partial charge in [-0.15, -0.1) is 0 Å². The van der Waals surface area contributed by atoms with Gasteiger partial charge in [-0.1, -0.05) is 0 Å². The van der Waals surface area contributed by atoms with Gasteiger partial charge in [0.2, 0.25) is 0 Å². The van der Waals surface area contributed by atoms with Crippen molar-refractivity contribution in [3.63, 3.8) is 0 Å². The largest absolute Gasteiger partial charge is 0.380 e. The van der Waals surface area contributed by atoms with E-state index in [0.29, 0.717) is 6.04 Å². The van der Waals surface area contributed by atoms with E-state index in [0.717, 1.165) is 24.6 Å². The van der Waals surface area contributed by atoms with Crippen LogP contribution in [0.15, 0.2) is 42.7 Å². The van der Waals surface area contributed by atoms with Crippen molar-refractivity contribution in [2.45, 2.75) is 19.9 Å². The normalized spacial score (nSPS) is 12.3. The Bertz CT molecular complexity index is 450. The summed E-state index contributed by atoms with van der Waals surface area (Å²) < 4.78 is 7.21. The summed E-state index contributed by atoms with van der Waals surface area (Å²) in [7, 11) is 0. The molecule has 2 rings (SSSR count). The van der Waals surface area contributed by atoms with Gasteiger partial charge in [-0.05, 0) is 44.2 Å². The average molecular weight is 245 g/mol. The Morgan fingerprint density at radius 1 is 1.33 bits per heavy atom. The number of anilines is 1. The lowest BCUT2D eigenvalue weighted by atomic mass is 10.2. The van der Waals surface area contributed by atoms with Gasteiger partial charge in [0.05, 0.1) is 12.3 Å². The molecule has 0 amide bonds. The number of rotatable bonds is 6. The first-order valence-electron chi connectivity index (χ1n) is 6.24. The number of ether oxygens (including phenoxy) is 1. The third-order valence-electron chi connectivity index (χ3n) is 2.62. The molecule has 0 unspecified atom stereocenters. The van der Waals surface area contributed by atoms with Crippen LogP contribution in [0.2, 0.25) is 0 Å². The standard InChI is InChI=1S/C14H19N3O/c1-3-18-11-12(2)16-13-5-7-14(8-6-13)17-10-4-9-15-17/h4-10,12,16H,3,11H2,1-2H3/t12-/m1/s1. The highest BCUT2D eigenvalue weighted by Crippen LogP contribution is 2.13. The van der Waals surface area contributed by atoms with E-state index in [9.17, 15) is 0 Å². The highest BCUT2D eigenvalue weighted by molar-refractivity contribution is 5.49. The molecule has 4 nitrogen and oxygen atoms in total. The van der Waals surface area contributed by atoms with E-state index in [-0.39, 0.29) is 0 Å². The summed E-state index contributed by atoms with van der Waals surface area (Å²) in [4.78, 5) is 0. The summed E-state index contributed by atoms with van der Waals surface area (Å²) in [5.41, 5.74) is 2.15. The van der Waals surface area contributed by atoms with Gasteiger partial charge in [0.15, 0.2) is 0 Å². The summed E-state index contributed by atoms with van der Waals surface area (Å²) in [6.07, 6.45) is 3.70. The first-order valence-corrected chi connectivity index (χ1v) is 6.24. The Kier molecular flexibility index (Phi) is 4.36. The van der Waals surface area contributed by atoms with Crippen molar-refractivity contribution in [2.75, 3.05) is 18.5 Å². The van der Waals surface area contributed by atoms with Gasteiger partial charge < -0.3 is 10.1 Å². The molecule has 0 bridgehead atoms. The molecule has 4 heteroatoms. The van der Waals surface area contributed by atoms with Crippen LogP contribution in [0.5, 0.6) is 0 Å². The maximum absolute atomic E-state index is 5.37. The number of nitrogens with one attached hydrogen (secondary N) is 1. The molecule has 0 saturated heterocycles. The molecule has 2 aromatic rings. The Balaban J connectivity index is 1.95. The number of hydrogen-bond donors (Lipinski definition) is 1. The molecule has 0 aliphatic rings. The van der Waals surface area contributed by atoms with Crippen LogP contribution in [0.25, 0.3) is 5.69 Å². The van der Waals surface area contributed by atoms with Gasteiger partial charge in [-0.2, -0.15) is 5.10 Å². The minimum Gasteiger partial charge on any atom is -0.380 e. The van der Waals surface area contributed by atoms with Crippen LogP contribution >= 0.6 is 0 Å². The van der Waals surface area contributed by atoms with Crippen molar-refractivity contribution in [3.05, 3.63) is 42.7 Å². The third-order valence-corrected chi connectivity index (χ3v) is 2.62. The molecule has 1 N–H and O–H groups in total. The van der Waals surface area contributed by atoms with Gasteiger partial charge in [-0.25, -0.2) is 4.68 Å². The topological polar surface area (TPSA) is 39.1 Å². The van der Waals surface area contributed by atoms with Gasteiger partial charge in [0.1, 0.15) is 0 Å². The average Bonchev–Trinajstić information content (AvgIpc) is 2.91. The molecule has 0 spiro atoms. The molecule has 1 aromatic heterocycles. The molecule has 0 radical (unpaired) electrons. The van der Waals surface area contributed by atoms with Crippen LogP contribution in [0.1, 0.15) is 13.8 Å². The molecule has 1 aromatic carbocycles. The molecular formula is C14H19N3O. The first kappa shape index (κ1) is 12.6. The SMILES string of the molecule is CCOC[C@@H](C)Nc1ccc(-n2cccn2)cc1. The van der Waals surface area contributed by atoms with Crippen LogP contribution in [0.4, 0.5) is 5.69 Å². The molecule has 0 fully saturated rings. The van der Waals surface area contributed by atoms with Crippen LogP contribution in [0.3, 0.4) is 0 Å². The maximum atomic E-state index is 5.37. The lowest BCUT2D eigenvalue weighted by Gasteiger charge is -2.15. The summed E-state index contributed by atoms with van der Waals surface area (Å²) in [6, 6.07) is 10.4. The van der Waals surface area contributed by atoms with E-state index in [1.54, 1.807) is 6.20 Å². The second-order valence-electron chi connectivity index (χ2n) is 4.20. The first-order chi connectivity index (χ1) is 8.79. The van der Waals surface area contributed by atoms with Crippen LogP contribution < -0.4 is 5.32 Å².